The van der Waals surface area contributed by atoms with E-state index in [4.69, 9.17) is 18.9 Å². The zero-order valence-corrected chi connectivity index (χ0v) is 14.7. The Morgan fingerprint density at radius 1 is 1.41 bits per heavy atom. The van der Waals surface area contributed by atoms with E-state index >= 15 is 0 Å². The quantitative estimate of drug-likeness (QED) is 0.530. The van der Waals surface area contributed by atoms with Crippen LogP contribution in [0.25, 0.3) is 0 Å². The molecule has 2 rings (SSSR count). The average molecular weight is 346 g/mol. The minimum Gasteiger partial charge on any atom is -0.466 e. The third kappa shape index (κ3) is 4.70. The van der Waals surface area contributed by atoms with Crippen molar-refractivity contribution in [2.24, 2.45) is 0 Å². The second-order valence-corrected chi connectivity index (χ2v) is 7.24. The molecular weight excluding hydrogens is 324 g/mol. The largest absolute Gasteiger partial charge is 0.466 e. The number of ether oxygens (including phenoxy) is 4. The first kappa shape index (κ1) is 17.7. The van der Waals surface area contributed by atoms with Crippen LogP contribution in [0.5, 0.6) is 0 Å². The first-order chi connectivity index (χ1) is 10.7. The van der Waals surface area contributed by atoms with Crippen molar-refractivity contribution < 1.29 is 23.7 Å². The van der Waals surface area contributed by atoms with E-state index in [0.29, 0.717) is 19.6 Å². The van der Waals surface area contributed by atoms with Crippen LogP contribution in [0.1, 0.15) is 38.4 Å². The van der Waals surface area contributed by atoms with Crippen LogP contribution in [0, 0.1) is 0 Å². The Morgan fingerprint density at radius 3 is 2.91 bits per heavy atom. The lowest BCUT2D eigenvalue weighted by atomic mass is 10.1. The summed E-state index contributed by atoms with van der Waals surface area (Å²) in [6.07, 6.45) is 1.00. The molecule has 0 spiro atoms. The normalized spacial score (nSPS) is 22.1. The second-order valence-electron chi connectivity index (χ2n) is 4.75. The Morgan fingerprint density at radius 2 is 2.23 bits per heavy atom. The van der Waals surface area contributed by atoms with Crippen molar-refractivity contribution in [1.82, 2.24) is 0 Å². The van der Waals surface area contributed by atoms with Crippen molar-refractivity contribution in [2.45, 2.75) is 48.7 Å². The van der Waals surface area contributed by atoms with Gasteiger partial charge in [-0.05, 0) is 31.7 Å². The van der Waals surface area contributed by atoms with Crippen LogP contribution < -0.4 is 0 Å². The van der Waals surface area contributed by atoms with Crippen LogP contribution in [0.3, 0.4) is 0 Å². The number of fused-ring (bicyclic) bond motifs is 1. The van der Waals surface area contributed by atoms with Crippen LogP contribution in [0.2, 0.25) is 0 Å². The molecule has 0 amide bonds. The van der Waals surface area contributed by atoms with Crippen molar-refractivity contribution >= 4 is 29.1 Å². The number of hydrogen-bond acceptors (Lipinski definition) is 7. The van der Waals surface area contributed by atoms with Gasteiger partial charge < -0.3 is 18.9 Å². The maximum atomic E-state index is 11.7. The van der Waals surface area contributed by atoms with Gasteiger partial charge in [0.2, 0.25) is 0 Å². The SMILES string of the molecule is CCOC(=O)CC1CC(OC(OC)OCC)c2ccsc2S1. The molecule has 1 aromatic rings. The zero-order chi connectivity index (χ0) is 15.9. The van der Waals surface area contributed by atoms with Crippen molar-refractivity contribution in [3.8, 4) is 0 Å². The van der Waals surface area contributed by atoms with Crippen molar-refractivity contribution in [3.05, 3.63) is 17.0 Å². The predicted octanol–water partition coefficient (Wildman–Crippen LogP) is 3.59. The number of hydrogen-bond donors (Lipinski definition) is 0. The molecule has 0 fully saturated rings. The highest BCUT2D eigenvalue weighted by atomic mass is 32.2. The number of methoxy groups -OCH3 is 1. The molecule has 0 saturated heterocycles. The van der Waals surface area contributed by atoms with Crippen LogP contribution in [-0.4, -0.2) is 38.0 Å². The molecular formula is C15H22O5S2. The molecule has 3 atom stereocenters. The maximum absolute atomic E-state index is 11.7. The fraction of sp³-hybridized carbons (Fsp3) is 0.667. The van der Waals surface area contributed by atoms with Gasteiger partial charge in [0.25, 0.3) is 6.48 Å². The van der Waals surface area contributed by atoms with E-state index in [0.717, 1.165) is 12.0 Å². The molecule has 7 heteroatoms. The van der Waals surface area contributed by atoms with Gasteiger partial charge >= 0.3 is 5.97 Å². The fourth-order valence-electron chi connectivity index (χ4n) is 2.30. The number of rotatable bonds is 8. The van der Waals surface area contributed by atoms with E-state index in [1.54, 1.807) is 30.2 Å². The standard InChI is InChI=1S/C15H22O5S2/c1-4-18-13(16)9-10-8-12(20-15(17-3)19-5-2)11-6-7-21-14(11)22-10/h6-7,10,12,15H,4-5,8-9H2,1-3H3. The van der Waals surface area contributed by atoms with Gasteiger partial charge in [0, 0.05) is 24.5 Å². The van der Waals surface area contributed by atoms with Gasteiger partial charge in [0.1, 0.15) is 0 Å². The average Bonchev–Trinajstić information content (AvgIpc) is 2.95. The number of carbonyl (C=O) groups is 1. The Bertz CT molecular complexity index is 476. The van der Waals surface area contributed by atoms with Crippen LogP contribution in [0.4, 0.5) is 0 Å². The highest BCUT2D eigenvalue weighted by Crippen LogP contribution is 2.46. The van der Waals surface area contributed by atoms with Crippen molar-refractivity contribution in [1.29, 1.82) is 0 Å². The lowest BCUT2D eigenvalue weighted by Crippen LogP contribution is -2.27. The summed E-state index contributed by atoms with van der Waals surface area (Å²) < 4.78 is 22.8. The van der Waals surface area contributed by atoms with Crippen LogP contribution in [0.15, 0.2) is 15.7 Å². The molecule has 0 radical (unpaired) electrons. The summed E-state index contributed by atoms with van der Waals surface area (Å²) >= 11 is 3.40. The van der Waals surface area contributed by atoms with Gasteiger partial charge in [0.15, 0.2) is 0 Å². The first-order valence-corrected chi connectivity index (χ1v) is 9.13. The van der Waals surface area contributed by atoms with E-state index in [2.05, 4.69) is 6.07 Å². The van der Waals surface area contributed by atoms with Crippen LogP contribution in [-0.2, 0) is 23.7 Å². The molecule has 0 bridgehead atoms. The zero-order valence-electron chi connectivity index (χ0n) is 13.1. The molecule has 2 heterocycles. The topological polar surface area (TPSA) is 54.0 Å². The molecule has 3 unspecified atom stereocenters. The maximum Gasteiger partial charge on any atom is 0.306 e. The number of thiophene rings is 1. The molecule has 0 aliphatic carbocycles. The van der Waals surface area contributed by atoms with Gasteiger partial charge in [-0.25, -0.2) is 0 Å². The molecule has 0 N–H and O–H groups in total. The third-order valence-corrected chi connectivity index (χ3v) is 5.67. The van der Waals surface area contributed by atoms with E-state index < -0.39 is 6.48 Å². The van der Waals surface area contributed by atoms with Gasteiger partial charge in [-0.15, -0.1) is 23.1 Å². The Labute approximate surface area is 139 Å². The monoisotopic (exact) mass is 346 g/mol. The molecule has 124 valence electrons. The molecule has 1 aliphatic rings. The van der Waals surface area contributed by atoms with Crippen molar-refractivity contribution in [3.63, 3.8) is 0 Å². The number of esters is 1. The number of thioether (sulfide) groups is 1. The summed E-state index contributed by atoms with van der Waals surface area (Å²) in [6, 6.07) is 2.07. The molecule has 0 aromatic carbocycles. The van der Waals surface area contributed by atoms with Gasteiger partial charge in [-0.1, -0.05) is 0 Å². The Kier molecular flexibility index (Phi) is 7.17. The van der Waals surface area contributed by atoms with Crippen molar-refractivity contribution in [2.75, 3.05) is 20.3 Å². The summed E-state index contributed by atoms with van der Waals surface area (Å²) in [4.78, 5) is 11.7. The minimum absolute atomic E-state index is 0.126. The van der Waals surface area contributed by atoms with Gasteiger partial charge in [-0.3, -0.25) is 4.79 Å². The fourth-order valence-corrected chi connectivity index (χ4v) is 4.90. The lowest BCUT2D eigenvalue weighted by molar-refractivity contribution is -0.295. The van der Waals surface area contributed by atoms with Gasteiger partial charge in [0.05, 0.1) is 23.3 Å². The first-order valence-electron chi connectivity index (χ1n) is 7.37. The second kappa shape index (κ2) is 8.88. The van der Waals surface area contributed by atoms with E-state index in [9.17, 15) is 4.79 Å². The molecule has 0 saturated carbocycles. The molecule has 1 aromatic heterocycles. The Hall–Kier alpha value is -0.600. The Balaban J connectivity index is 2.04. The lowest BCUT2D eigenvalue weighted by Gasteiger charge is -2.30. The number of carbonyl (C=O) groups excluding carboxylic acids is 1. The summed E-state index contributed by atoms with van der Waals surface area (Å²) in [6.45, 7) is 3.96. The van der Waals surface area contributed by atoms with E-state index in [1.807, 2.05) is 19.2 Å². The molecule has 5 nitrogen and oxygen atoms in total. The minimum atomic E-state index is -0.686. The van der Waals surface area contributed by atoms with E-state index in [1.165, 1.54) is 4.21 Å². The summed E-state index contributed by atoms with van der Waals surface area (Å²) in [5.74, 6) is -0.160. The van der Waals surface area contributed by atoms with E-state index in [-0.39, 0.29) is 17.3 Å². The predicted molar refractivity (Wildman–Crippen MR) is 86.1 cm³/mol. The molecule has 22 heavy (non-hydrogen) atoms. The smallest absolute Gasteiger partial charge is 0.306 e. The van der Waals surface area contributed by atoms with Gasteiger partial charge in [-0.2, -0.15) is 0 Å². The summed E-state index contributed by atoms with van der Waals surface area (Å²) in [5.41, 5.74) is 1.15. The van der Waals surface area contributed by atoms with Crippen LogP contribution >= 0.6 is 23.1 Å². The third-order valence-electron chi connectivity index (χ3n) is 3.23. The molecule has 1 aliphatic heterocycles. The summed E-state index contributed by atoms with van der Waals surface area (Å²) in [7, 11) is 1.56. The highest BCUT2D eigenvalue weighted by molar-refractivity contribution is 8.01. The summed E-state index contributed by atoms with van der Waals surface area (Å²) in [5, 5.41) is 2.19. The highest BCUT2D eigenvalue weighted by Gasteiger charge is 2.32.